The van der Waals surface area contributed by atoms with E-state index in [9.17, 15) is 18.0 Å². The first-order valence-corrected chi connectivity index (χ1v) is 11.8. The maximum atomic E-state index is 12.3. The monoisotopic (exact) mass is 475 g/mol. The van der Waals surface area contributed by atoms with Crippen molar-refractivity contribution in [2.24, 2.45) is 5.14 Å². The highest BCUT2D eigenvalue weighted by atomic mass is 32.2. The number of aromatic nitrogens is 1. The summed E-state index contributed by atoms with van der Waals surface area (Å²) >= 11 is 1.27. The number of hydrogen-bond donors (Lipinski definition) is 2. The normalized spacial score (nSPS) is 11.1. The number of primary sulfonamides is 1. The summed E-state index contributed by atoms with van der Waals surface area (Å²) in [6.45, 7) is 1.83. The van der Waals surface area contributed by atoms with Gasteiger partial charge in [0.25, 0.3) is 0 Å². The number of rotatable bonds is 8. The first-order chi connectivity index (χ1) is 15.2. The molecule has 2 aromatic carbocycles. The second kappa shape index (κ2) is 9.90. The summed E-state index contributed by atoms with van der Waals surface area (Å²) in [5.41, 5.74) is 2.27. The van der Waals surface area contributed by atoms with Crippen LogP contribution in [0.5, 0.6) is 5.75 Å². The van der Waals surface area contributed by atoms with Gasteiger partial charge in [-0.05, 0) is 37.3 Å². The minimum atomic E-state index is -4.08. The van der Waals surface area contributed by atoms with Gasteiger partial charge in [0.15, 0.2) is 0 Å². The quantitative estimate of drug-likeness (QED) is 0.478. The molecule has 9 nitrogen and oxygen atoms in total. The van der Waals surface area contributed by atoms with Gasteiger partial charge in [-0.1, -0.05) is 17.7 Å². The lowest BCUT2D eigenvalue weighted by Gasteiger charge is -2.09. The Balaban J connectivity index is 1.58. The molecule has 3 rings (SSSR count). The van der Waals surface area contributed by atoms with Gasteiger partial charge in [-0.15, -0.1) is 11.3 Å². The zero-order valence-electron chi connectivity index (χ0n) is 17.3. The van der Waals surface area contributed by atoms with Crippen LogP contribution in [0.1, 0.15) is 26.6 Å². The van der Waals surface area contributed by atoms with Crippen LogP contribution in [0.25, 0.3) is 0 Å². The van der Waals surface area contributed by atoms with E-state index in [-0.39, 0.29) is 35.1 Å². The highest BCUT2D eigenvalue weighted by Crippen LogP contribution is 2.24. The van der Waals surface area contributed by atoms with Crippen molar-refractivity contribution < 1.29 is 27.5 Å². The fraction of sp³-hybridized carbons (Fsp3) is 0.190. The molecule has 0 aliphatic rings. The van der Waals surface area contributed by atoms with Crippen LogP contribution in [0, 0.1) is 6.92 Å². The maximum Gasteiger partial charge on any atom is 0.338 e. The number of esters is 1. The molecule has 0 saturated carbocycles. The zero-order valence-corrected chi connectivity index (χ0v) is 19.0. The van der Waals surface area contributed by atoms with Crippen molar-refractivity contribution in [2.75, 3.05) is 12.4 Å². The molecule has 0 saturated heterocycles. The van der Waals surface area contributed by atoms with Gasteiger partial charge < -0.3 is 14.8 Å². The standard InChI is InChI=1S/C21H21N3O6S2/c1-13-3-6-15(7-4-13)23-19(25)10-20-24-16(12-31-20)11-30-21(26)14-5-8-17(29-2)18(9-14)32(22,27)28/h3-9,12H,10-11H2,1-2H3,(H,23,25)(H2,22,27,28). The number of aryl methyl sites for hydroxylation is 1. The van der Waals surface area contributed by atoms with E-state index in [0.29, 0.717) is 16.4 Å². The van der Waals surface area contributed by atoms with Crippen LogP contribution in [0.2, 0.25) is 0 Å². The summed E-state index contributed by atoms with van der Waals surface area (Å²) in [5.74, 6) is -0.929. The van der Waals surface area contributed by atoms with Crippen molar-refractivity contribution in [1.82, 2.24) is 4.98 Å². The van der Waals surface area contributed by atoms with Crippen LogP contribution in [-0.2, 0) is 32.6 Å². The third-order valence-electron chi connectivity index (χ3n) is 4.30. The molecule has 0 aliphatic heterocycles. The van der Waals surface area contributed by atoms with E-state index in [4.69, 9.17) is 14.6 Å². The fourth-order valence-electron chi connectivity index (χ4n) is 2.72. The topological polar surface area (TPSA) is 138 Å². The molecule has 0 bridgehead atoms. The molecule has 1 heterocycles. The van der Waals surface area contributed by atoms with Crippen LogP contribution in [-0.4, -0.2) is 32.4 Å². The number of hydrogen-bond acceptors (Lipinski definition) is 8. The van der Waals surface area contributed by atoms with Gasteiger partial charge in [0, 0.05) is 11.1 Å². The number of carbonyl (C=O) groups excluding carboxylic acids is 2. The molecule has 0 unspecified atom stereocenters. The van der Waals surface area contributed by atoms with Gasteiger partial charge in [0.2, 0.25) is 15.9 Å². The summed E-state index contributed by atoms with van der Waals surface area (Å²) in [4.78, 5) is 28.5. The lowest BCUT2D eigenvalue weighted by atomic mass is 10.2. The van der Waals surface area contributed by atoms with E-state index in [2.05, 4.69) is 10.3 Å². The predicted octanol–water partition coefficient (Wildman–Crippen LogP) is 2.65. The molecule has 0 fully saturated rings. The Morgan fingerprint density at radius 1 is 1.16 bits per heavy atom. The van der Waals surface area contributed by atoms with Gasteiger partial charge in [0.1, 0.15) is 22.3 Å². The highest BCUT2D eigenvalue weighted by molar-refractivity contribution is 7.89. The molecular formula is C21H21N3O6S2. The Bertz CT molecular complexity index is 1240. The average molecular weight is 476 g/mol. The van der Waals surface area contributed by atoms with E-state index in [1.165, 1.54) is 30.6 Å². The smallest absolute Gasteiger partial charge is 0.338 e. The van der Waals surface area contributed by atoms with Gasteiger partial charge in [0.05, 0.1) is 24.8 Å². The second-order valence-corrected chi connectivity index (χ2v) is 9.28. The Hall–Kier alpha value is -3.28. The number of nitrogens with one attached hydrogen (secondary N) is 1. The van der Waals surface area contributed by atoms with Gasteiger partial charge in [-0.25, -0.2) is 23.3 Å². The largest absolute Gasteiger partial charge is 0.495 e. The molecule has 1 amide bonds. The molecule has 3 N–H and O–H groups in total. The molecule has 3 aromatic rings. The number of thiazole rings is 1. The lowest BCUT2D eigenvalue weighted by molar-refractivity contribution is -0.115. The van der Waals surface area contributed by atoms with Gasteiger partial charge in [-0.3, -0.25) is 4.79 Å². The summed E-state index contributed by atoms with van der Waals surface area (Å²) in [5, 5.41) is 10.2. The number of amides is 1. The van der Waals surface area contributed by atoms with E-state index >= 15 is 0 Å². The summed E-state index contributed by atoms with van der Waals surface area (Å²) in [7, 11) is -2.79. The molecule has 168 valence electrons. The molecule has 0 aliphatic carbocycles. The number of sulfonamides is 1. The van der Waals surface area contributed by atoms with Crippen molar-refractivity contribution >= 4 is 38.9 Å². The van der Waals surface area contributed by atoms with Crippen LogP contribution < -0.4 is 15.2 Å². The number of nitrogens with two attached hydrogens (primary N) is 1. The number of ether oxygens (including phenoxy) is 2. The first-order valence-electron chi connectivity index (χ1n) is 9.33. The molecule has 0 radical (unpaired) electrons. The predicted molar refractivity (Wildman–Crippen MR) is 119 cm³/mol. The molecule has 1 aromatic heterocycles. The summed E-state index contributed by atoms with van der Waals surface area (Å²) < 4.78 is 33.6. The molecule has 0 spiro atoms. The van der Waals surface area contributed by atoms with Crippen LogP contribution >= 0.6 is 11.3 Å². The fourth-order valence-corrected chi connectivity index (χ4v) is 4.22. The van der Waals surface area contributed by atoms with Gasteiger partial charge in [-0.2, -0.15) is 0 Å². The van der Waals surface area contributed by atoms with Gasteiger partial charge >= 0.3 is 5.97 Å². The maximum absolute atomic E-state index is 12.3. The molecule has 32 heavy (non-hydrogen) atoms. The number of carbonyl (C=O) groups is 2. The second-order valence-electron chi connectivity index (χ2n) is 6.81. The minimum absolute atomic E-state index is 0.00255. The Morgan fingerprint density at radius 3 is 2.53 bits per heavy atom. The summed E-state index contributed by atoms with van der Waals surface area (Å²) in [6.07, 6.45) is 0.0860. The minimum Gasteiger partial charge on any atom is -0.495 e. The number of nitrogens with zero attached hydrogens (tertiary/aromatic N) is 1. The Kier molecular flexibility index (Phi) is 7.23. The van der Waals surface area contributed by atoms with E-state index in [1.807, 2.05) is 31.2 Å². The number of benzene rings is 2. The number of methoxy groups -OCH3 is 1. The lowest BCUT2D eigenvalue weighted by Crippen LogP contribution is -2.15. The SMILES string of the molecule is COc1ccc(C(=O)OCc2csc(CC(=O)Nc3ccc(C)cc3)n2)cc1S(N)(=O)=O. The molecule has 11 heteroatoms. The van der Waals surface area contributed by atoms with E-state index < -0.39 is 16.0 Å². The third-order valence-corrected chi connectivity index (χ3v) is 6.13. The Morgan fingerprint density at radius 2 is 1.88 bits per heavy atom. The van der Waals surface area contributed by atoms with Crippen LogP contribution in [0.3, 0.4) is 0 Å². The number of anilines is 1. The van der Waals surface area contributed by atoms with Crippen molar-refractivity contribution in [3.63, 3.8) is 0 Å². The van der Waals surface area contributed by atoms with Crippen molar-refractivity contribution in [3.05, 3.63) is 69.7 Å². The highest BCUT2D eigenvalue weighted by Gasteiger charge is 2.19. The average Bonchev–Trinajstić information content (AvgIpc) is 3.19. The Labute approximate surface area is 189 Å². The van der Waals surface area contributed by atoms with E-state index in [1.54, 1.807) is 5.38 Å². The molecular weight excluding hydrogens is 454 g/mol. The van der Waals surface area contributed by atoms with Crippen molar-refractivity contribution in [1.29, 1.82) is 0 Å². The molecule has 0 atom stereocenters. The van der Waals surface area contributed by atoms with Crippen molar-refractivity contribution in [2.45, 2.75) is 24.8 Å². The third kappa shape index (κ3) is 6.13. The van der Waals surface area contributed by atoms with Crippen LogP contribution in [0.4, 0.5) is 5.69 Å². The zero-order chi connectivity index (χ0) is 23.3. The van der Waals surface area contributed by atoms with E-state index in [0.717, 1.165) is 11.6 Å². The first kappa shape index (κ1) is 23.4. The van der Waals surface area contributed by atoms with Crippen LogP contribution in [0.15, 0.2) is 52.7 Å². The van der Waals surface area contributed by atoms with Crippen molar-refractivity contribution in [3.8, 4) is 5.75 Å². The summed E-state index contributed by atoms with van der Waals surface area (Å²) in [6, 6.07) is 11.2.